The van der Waals surface area contributed by atoms with Gasteiger partial charge >= 0.3 is 0 Å². The molecule has 5 heteroatoms. The van der Waals surface area contributed by atoms with Gasteiger partial charge in [-0.15, -0.1) is 11.8 Å². The monoisotopic (exact) mass is 365 g/mol. The predicted molar refractivity (Wildman–Crippen MR) is 81.7 cm³/mol. The highest BCUT2D eigenvalue weighted by Gasteiger charge is 2.08. The van der Waals surface area contributed by atoms with Crippen LogP contribution in [0.2, 0.25) is 0 Å². The number of thioether (sulfide) groups is 1. The summed E-state index contributed by atoms with van der Waals surface area (Å²) >= 11 is 3.70. The minimum absolute atomic E-state index is 0.0177. The van der Waals surface area contributed by atoms with Crippen LogP contribution in [-0.4, -0.2) is 29.1 Å². The Bertz CT molecular complexity index is 386. The zero-order valence-electron chi connectivity index (χ0n) is 9.92. The number of amides is 1. The number of aryl methyl sites for hydroxylation is 2. The zero-order chi connectivity index (χ0) is 12.8. The Kier molecular flexibility index (Phi) is 6.29. The molecular formula is C12H16INO2S. The molecule has 0 atom stereocenters. The third kappa shape index (κ3) is 4.85. The maximum atomic E-state index is 11.7. The molecule has 0 spiro atoms. The van der Waals surface area contributed by atoms with Crippen molar-refractivity contribution >= 4 is 45.9 Å². The molecule has 0 saturated heterocycles. The molecule has 1 rings (SSSR count). The summed E-state index contributed by atoms with van der Waals surface area (Å²) in [5, 5.41) is 11.6. The van der Waals surface area contributed by atoms with E-state index in [0.29, 0.717) is 11.5 Å². The van der Waals surface area contributed by atoms with Crippen LogP contribution in [0.25, 0.3) is 0 Å². The lowest BCUT2D eigenvalue weighted by Crippen LogP contribution is -2.16. The van der Waals surface area contributed by atoms with Crippen molar-refractivity contribution < 1.29 is 9.90 Å². The summed E-state index contributed by atoms with van der Waals surface area (Å²) in [6, 6.07) is 4.09. The van der Waals surface area contributed by atoms with Gasteiger partial charge < -0.3 is 10.4 Å². The summed E-state index contributed by atoms with van der Waals surface area (Å²) in [7, 11) is 0. The molecule has 17 heavy (non-hydrogen) atoms. The van der Waals surface area contributed by atoms with Gasteiger partial charge in [0.1, 0.15) is 0 Å². The first-order chi connectivity index (χ1) is 8.04. The smallest absolute Gasteiger partial charge is 0.234 e. The van der Waals surface area contributed by atoms with Gasteiger partial charge in [0, 0.05) is 15.0 Å². The summed E-state index contributed by atoms with van der Waals surface area (Å²) in [5.74, 6) is 0.958. The summed E-state index contributed by atoms with van der Waals surface area (Å²) in [6.07, 6.45) is 0. The van der Waals surface area contributed by atoms with Gasteiger partial charge in [0.15, 0.2) is 0 Å². The van der Waals surface area contributed by atoms with E-state index < -0.39 is 0 Å². The standard InChI is InChI=1S/C12H16INO2S/c1-8-5-10(13)6-9(2)12(8)14-11(16)7-17-4-3-15/h5-6,15H,3-4,7H2,1-2H3,(H,14,16). The van der Waals surface area contributed by atoms with E-state index in [4.69, 9.17) is 5.11 Å². The van der Waals surface area contributed by atoms with E-state index >= 15 is 0 Å². The van der Waals surface area contributed by atoms with Crippen molar-refractivity contribution in [3.8, 4) is 0 Å². The van der Waals surface area contributed by atoms with Gasteiger partial charge in [0.2, 0.25) is 5.91 Å². The number of rotatable bonds is 5. The number of hydrogen-bond acceptors (Lipinski definition) is 3. The van der Waals surface area contributed by atoms with Gasteiger partial charge in [0.05, 0.1) is 12.4 Å². The minimum atomic E-state index is -0.0177. The molecule has 0 saturated carbocycles. The largest absolute Gasteiger partial charge is 0.396 e. The summed E-state index contributed by atoms with van der Waals surface area (Å²) in [5.41, 5.74) is 3.06. The Hall–Kier alpha value is -0.270. The number of halogens is 1. The molecule has 0 fully saturated rings. The van der Waals surface area contributed by atoms with Gasteiger partial charge in [-0.2, -0.15) is 0 Å². The van der Waals surface area contributed by atoms with Gasteiger partial charge in [-0.05, 0) is 59.7 Å². The number of carbonyl (C=O) groups excluding carboxylic acids is 1. The van der Waals surface area contributed by atoms with Crippen molar-refractivity contribution in [2.45, 2.75) is 13.8 Å². The van der Waals surface area contributed by atoms with Crippen molar-refractivity contribution in [2.75, 3.05) is 23.4 Å². The van der Waals surface area contributed by atoms with Crippen LogP contribution >= 0.6 is 34.4 Å². The highest BCUT2D eigenvalue weighted by atomic mass is 127. The first-order valence-corrected chi connectivity index (χ1v) is 7.53. The molecule has 0 bridgehead atoms. The summed E-state index contributed by atoms with van der Waals surface area (Å²) in [6.45, 7) is 4.09. The molecule has 0 unspecified atom stereocenters. The fourth-order valence-corrected chi connectivity index (χ4v) is 2.98. The number of aliphatic hydroxyl groups excluding tert-OH is 1. The van der Waals surface area contributed by atoms with Crippen LogP contribution in [0, 0.1) is 17.4 Å². The van der Waals surface area contributed by atoms with Crippen LogP contribution in [0.5, 0.6) is 0 Å². The van der Waals surface area contributed by atoms with Crippen LogP contribution in [0.1, 0.15) is 11.1 Å². The molecule has 0 aliphatic heterocycles. The van der Waals surface area contributed by atoms with Crippen molar-refractivity contribution in [3.05, 3.63) is 26.8 Å². The molecule has 0 aliphatic carbocycles. The Labute approximate surface area is 120 Å². The quantitative estimate of drug-likeness (QED) is 0.623. The lowest BCUT2D eigenvalue weighted by molar-refractivity contribution is -0.113. The van der Waals surface area contributed by atoms with Crippen molar-refractivity contribution in [3.63, 3.8) is 0 Å². The first kappa shape index (κ1) is 14.8. The SMILES string of the molecule is Cc1cc(I)cc(C)c1NC(=O)CSCCO. The Morgan fingerprint density at radius 1 is 1.41 bits per heavy atom. The highest BCUT2D eigenvalue weighted by Crippen LogP contribution is 2.23. The van der Waals surface area contributed by atoms with Gasteiger partial charge in [-0.1, -0.05) is 0 Å². The lowest BCUT2D eigenvalue weighted by atomic mass is 10.1. The molecule has 1 amide bonds. The van der Waals surface area contributed by atoms with Gasteiger partial charge in [-0.25, -0.2) is 0 Å². The third-order valence-electron chi connectivity index (χ3n) is 2.23. The fraction of sp³-hybridized carbons (Fsp3) is 0.417. The molecule has 94 valence electrons. The second-order valence-electron chi connectivity index (χ2n) is 3.74. The van der Waals surface area contributed by atoms with Crippen molar-refractivity contribution in [1.29, 1.82) is 0 Å². The fourth-order valence-electron chi connectivity index (χ4n) is 1.51. The van der Waals surface area contributed by atoms with E-state index in [1.165, 1.54) is 15.3 Å². The van der Waals surface area contributed by atoms with Gasteiger partial charge in [-0.3, -0.25) is 4.79 Å². The molecule has 0 aliphatic rings. The molecule has 0 radical (unpaired) electrons. The van der Waals surface area contributed by atoms with Crippen molar-refractivity contribution in [1.82, 2.24) is 0 Å². The van der Waals surface area contributed by atoms with E-state index in [-0.39, 0.29) is 12.5 Å². The van der Waals surface area contributed by atoms with E-state index in [0.717, 1.165) is 16.8 Å². The molecule has 2 N–H and O–H groups in total. The molecule has 0 heterocycles. The predicted octanol–water partition coefficient (Wildman–Crippen LogP) is 2.57. The summed E-state index contributed by atoms with van der Waals surface area (Å²) < 4.78 is 1.17. The van der Waals surface area contributed by atoms with Crippen molar-refractivity contribution in [2.24, 2.45) is 0 Å². The average molecular weight is 365 g/mol. The minimum Gasteiger partial charge on any atom is -0.396 e. The van der Waals surface area contributed by atoms with Crippen LogP contribution in [-0.2, 0) is 4.79 Å². The Balaban J connectivity index is 2.65. The maximum absolute atomic E-state index is 11.7. The van der Waals surface area contributed by atoms with E-state index in [2.05, 4.69) is 27.9 Å². The number of carbonyl (C=O) groups is 1. The average Bonchev–Trinajstić information content (AvgIpc) is 2.24. The molecule has 0 aromatic heterocycles. The highest BCUT2D eigenvalue weighted by molar-refractivity contribution is 14.1. The Morgan fingerprint density at radius 3 is 2.53 bits per heavy atom. The topological polar surface area (TPSA) is 49.3 Å². The van der Waals surface area contributed by atoms with Crippen LogP contribution in [0.4, 0.5) is 5.69 Å². The number of hydrogen-bond donors (Lipinski definition) is 2. The molecule has 3 nitrogen and oxygen atoms in total. The summed E-state index contributed by atoms with van der Waals surface area (Å²) in [4.78, 5) is 11.7. The maximum Gasteiger partial charge on any atom is 0.234 e. The molecular weight excluding hydrogens is 349 g/mol. The number of benzene rings is 1. The van der Waals surface area contributed by atoms with Crippen LogP contribution in [0.15, 0.2) is 12.1 Å². The van der Waals surface area contributed by atoms with E-state index in [1.807, 2.05) is 26.0 Å². The second kappa shape index (κ2) is 7.23. The number of nitrogens with one attached hydrogen (secondary N) is 1. The Morgan fingerprint density at radius 2 is 2.00 bits per heavy atom. The number of anilines is 1. The van der Waals surface area contributed by atoms with E-state index in [1.54, 1.807) is 0 Å². The molecule has 1 aromatic carbocycles. The third-order valence-corrected chi connectivity index (χ3v) is 3.79. The second-order valence-corrected chi connectivity index (χ2v) is 6.09. The number of aliphatic hydroxyl groups is 1. The van der Waals surface area contributed by atoms with Crippen LogP contribution < -0.4 is 5.32 Å². The van der Waals surface area contributed by atoms with E-state index in [9.17, 15) is 4.79 Å². The zero-order valence-corrected chi connectivity index (χ0v) is 12.9. The normalized spacial score (nSPS) is 10.4. The lowest BCUT2D eigenvalue weighted by Gasteiger charge is -2.12. The molecule has 1 aromatic rings. The first-order valence-electron chi connectivity index (χ1n) is 5.29. The van der Waals surface area contributed by atoms with Crippen LogP contribution in [0.3, 0.4) is 0 Å². The van der Waals surface area contributed by atoms with Gasteiger partial charge in [0.25, 0.3) is 0 Å².